The Hall–Kier alpha value is -3.65. The van der Waals surface area contributed by atoms with Crippen molar-refractivity contribution in [2.45, 2.75) is 31.8 Å². The Morgan fingerprint density at radius 1 is 0.972 bits per heavy atom. The summed E-state index contributed by atoms with van der Waals surface area (Å²) in [6.07, 6.45) is 6.91. The first-order valence-corrected chi connectivity index (χ1v) is 12.8. The van der Waals surface area contributed by atoms with E-state index in [0.29, 0.717) is 5.88 Å². The minimum atomic E-state index is -0.0562. The number of carbonyl (C=O) groups is 1. The van der Waals surface area contributed by atoms with Gasteiger partial charge in [-0.1, -0.05) is 12.1 Å². The molecule has 8 heteroatoms. The number of nitrogens with zero attached hydrogens (tertiary/aromatic N) is 5. The summed E-state index contributed by atoms with van der Waals surface area (Å²) in [5, 5.41) is 3.11. The molecule has 3 aromatic rings. The minimum Gasteiger partial charge on any atom is -0.481 e. The predicted molar refractivity (Wildman–Crippen MR) is 142 cm³/mol. The van der Waals surface area contributed by atoms with E-state index in [0.717, 1.165) is 86.7 Å². The van der Waals surface area contributed by atoms with Crippen LogP contribution in [0.25, 0.3) is 11.1 Å². The van der Waals surface area contributed by atoms with Gasteiger partial charge in [0.15, 0.2) is 5.82 Å². The predicted octanol–water partition coefficient (Wildman–Crippen LogP) is 3.79. The van der Waals surface area contributed by atoms with Gasteiger partial charge >= 0.3 is 0 Å². The molecule has 0 bridgehead atoms. The van der Waals surface area contributed by atoms with Gasteiger partial charge in [-0.2, -0.15) is 0 Å². The standard InChI is InChI=1S/C28H32N6O2/c1-36-26-17-22(9-10-29-26)21-5-7-23(8-6-21)33-14-12-32(13-15-33)19-20-16-24-27(30-18-20)34-11-3-2-4-25(34)28(35)31-24/h5-10,16-18,25H,2-4,11-15,19H2,1H3,(H,31,35). The van der Waals surface area contributed by atoms with Crippen LogP contribution in [0.1, 0.15) is 24.8 Å². The van der Waals surface area contributed by atoms with Crippen molar-refractivity contribution in [3.63, 3.8) is 0 Å². The first-order chi connectivity index (χ1) is 17.7. The Labute approximate surface area is 211 Å². The molecule has 2 aromatic heterocycles. The number of hydrogen-bond donors (Lipinski definition) is 1. The Morgan fingerprint density at radius 3 is 2.61 bits per heavy atom. The Balaban J connectivity index is 1.07. The number of hydrogen-bond acceptors (Lipinski definition) is 7. The number of nitrogens with one attached hydrogen (secondary N) is 1. The molecule has 186 valence electrons. The molecule has 36 heavy (non-hydrogen) atoms. The number of pyridine rings is 2. The number of benzene rings is 1. The molecule has 1 amide bonds. The fourth-order valence-corrected chi connectivity index (χ4v) is 5.57. The number of ether oxygens (including phenoxy) is 1. The Bertz CT molecular complexity index is 1240. The molecular weight excluding hydrogens is 452 g/mol. The summed E-state index contributed by atoms with van der Waals surface area (Å²) in [5.74, 6) is 1.67. The van der Waals surface area contributed by atoms with Crippen LogP contribution in [-0.4, -0.2) is 66.7 Å². The number of carbonyl (C=O) groups excluding carboxylic acids is 1. The van der Waals surface area contributed by atoms with E-state index in [1.807, 2.05) is 18.3 Å². The summed E-state index contributed by atoms with van der Waals surface area (Å²) in [5.41, 5.74) is 5.51. The highest BCUT2D eigenvalue weighted by Gasteiger charge is 2.35. The zero-order chi connectivity index (χ0) is 24.5. The molecule has 2 fully saturated rings. The van der Waals surface area contributed by atoms with Crippen molar-refractivity contribution >= 4 is 23.1 Å². The fraction of sp³-hybridized carbons (Fsp3) is 0.393. The van der Waals surface area contributed by atoms with Gasteiger partial charge in [0.25, 0.3) is 0 Å². The number of anilines is 3. The summed E-state index contributed by atoms with van der Waals surface area (Å²) in [4.78, 5) is 28.6. The maximum absolute atomic E-state index is 12.6. The Morgan fingerprint density at radius 2 is 1.81 bits per heavy atom. The molecule has 0 aliphatic carbocycles. The molecule has 6 rings (SSSR count). The van der Waals surface area contributed by atoms with E-state index in [2.05, 4.69) is 55.3 Å². The van der Waals surface area contributed by atoms with Crippen molar-refractivity contribution in [2.75, 3.05) is 55.0 Å². The lowest BCUT2D eigenvalue weighted by molar-refractivity contribution is -0.118. The summed E-state index contributed by atoms with van der Waals surface area (Å²) < 4.78 is 5.25. The third kappa shape index (κ3) is 4.48. The molecular formula is C28H32N6O2. The molecule has 3 aliphatic heterocycles. The number of amides is 1. The van der Waals surface area contributed by atoms with Gasteiger partial charge in [0.2, 0.25) is 11.8 Å². The number of rotatable bonds is 5. The van der Waals surface area contributed by atoms with Crippen LogP contribution < -0.4 is 19.9 Å². The minimum absolute atomic E-state index is 0.0562. The first-order valence-electron chi connectivity index (χ1n) is 12.8. The third-order valence-electron chi connectivity index (χ3n) is 7.55. The van der Waals surface area contributed by atoms with E-state index in [4.69, 9.17) is 9.72 Å². The van der Waals surface area contributed by atoms with Gasteiger partial charge in [-0.15, -0.1) is 0 Å². The quantitative estimate of drug-likeness (QED) is 0.591. The molecule has 0 spiro atoms. The number of fused-ring (bicyclic) bond motifs is 3. The highest BCUT2D eigenvalue weighted by Crippen LogP contribution is 2.35. The van der Waals surface area contributed by atoms with Crippen LogP contribution in [0.4, 0.5) is 17.2 Å². The number of aromatic nitrogens is 2. The van der Waals surface area contributed by atoms with Crippen LogP contribution >= 0.6 is 0 Å². The van der Waals surface area contributed by atoms with Crippen molar-refractivity contribution in [3.05, 3.63) is 60.4 Å². The zero-order valence-corrected chi connectivity index (χ0v) is 20.7. The maximum atomic E-state index is 12.6. The van der Waals surface area contributed by atoms with E-state index in [-0.39, 0.29) is 11.9 Å². The third-order valence-corrected chi connectivity index (χ3v) is 7.55. The van der Waals surface area contributed by atoms with Crippen molar-refractivity contribution in [1.82, 2.24) is 14.9 Å². The maximum Gasteiger partial charge on any atom is 0.247 e. The summed E-state index contributed by atoms with van der Waals surface area (Å²) in [7, 11) is 1.64. The SMILES string of the molecule is COc1cc(-c2ccc(N3CCN(Cc4cnc5c(c4)NC(=O)C4CCCCN54)CC3)cc2)ccn1. The van der Waals surface area contributed by atoms with Crippen molar-refractivity contribution in [1.29, 1.82) is 0 Å². The molecule has 0 saturated carbocycles. The van der Waals surface area contributed by atoms with Crippen LogP contribution in [0.15, 0.2) is 54.9 Å². The lowest BCUT2D eigenvalue weighted by atomic mass is 9.99. The highest BCUT2D eigenvalue weighted by atomic mass is 16.5. The van der Waals surface area contributed by atoms with Gasteiger partial charge in [0, 0.05) is 63.4 Å². The van der Waals surface area contributed by atoms with E-state index in [1.54, 1.807) is 13.3 Å². The molecule has 1 atom stereocenters. The summed E-state index contributed by atoms with van der Waals surface area (Å²) >= 11 is 0. The van der Waals surface area contributed by atoms with Crippen LogP contribution in [0.3, 0.4) is 0 Å². The summed E-state index contributed by atoms with van der Waals surface area (Å²) in [6.45, 7) is 5.69. The molecule has 1 unspecified atom stereocenters. The molecule has 1 N–H and O–H groups in total. The number of methoxy groups -OCH3 is 1. The second-order valence-corrected chi connectivity index (χ2v) is 9.81. The van der Waals surface area contributed by atoms with Crippen LogP contribution in [0, 0.1) is 0 Å². The second-order valence-electron chi connectivity index (χ2n) is 9.81. The first kappa shape index (κ1) is 22.8. The van der Waals surface area contributed by atoms with E-state index in [1.165, 1.54) is 5.69 Å². The molecule has 5 heterocycles. The number of piperidine rings is 1. The van der Waals surface area contributed by atoms with Crippen LogP contribution in [0.2, 0.25) is 0 Å². The topological polar surface area (TPSA) is 73.8 Å². The average Bonchev–Trinajstić information content (AvgIpc) is 2.94. The molecule has 1 aromatic carbocycles. The Kier molecular flexibility index (Phi) is 6.19. The fourth-order valence-electron chi connectivity index (χ4n) is 5.57. The van der Waals surface area contributed by atoms with Gasteiger partial charge in [-0.25, -0.2) is 9.97 Å². The number of piperazine rings is 1. The zero-order valence-electron chi connectivity index (χ0n) is 20.7. The lowest BCUT2D eigenvalue weighted by Crippen LogP contribution is -2.51. The lowest BCUT2D eigenvalue weighted by Gasteiger charge is -2.40. The largest absolute Gasteiger partial charge is 0.481 e. The van der Waals surface area contributed by atoms with Crippen molar-refractivity contribution in [2.24, 2.45) is 0 Å². The monoisotopic (exact) mass is 484 g/mol. The van der Waals surface area contributed by atoms with Crippen LogP contribution in [0.5, 0.6) is 5.88 Å². The second kappa shape index (κ2) is 9.78. The van der Waals surface area contributed by atoms with Gasteiger partial charge in [-0.3, -0.25) is 9.69 Å². The van der Waals surface area contributed by atoms with E-state index >= 15 is 0 Å². The van der Waals surface area contributed by atoms with Gasteiger partial charge < -0.3 is 19.9 Å². The normalized spacial score (nSPS) is 19.9. The average molecular weight is 485 g/mol. The molecule has 0 radical (unpaired) electrons. The van der Waals surface area contributed by atoms with Crippen molar-refractivity contribution < 1.29 is 9.53 Å². The van der Waals surface area contributed by atoms with E-state index in [9.17, 15) is 4.79 Å². The van der Waals surface area contributed by atoms with Crippen molar-refractivity contribution in [3.8, 4) is 17.0 Å². The van der Waals surface area contributed by atoms with Gasteiger partial charge in [0.05, 0.1) is 12.8 Å². The summed E-state index contributed by atoms with van der Waals surface area (Å²) in [6, 6.07) is 14.7. The smallest absolute Gasteiger partial charge is 0.247 e. The highest BCUT2D eigenvalue weighted by molar-refractivity contribution is 6.02. The van der Waals surface area contributed by atoms with Gasteiger partial charge in [-0.05, 0) is 60.2 Å². The molecule has 3 aliphatic rings. The molecule has 2 saturated heterocycles. The van der Waals surface area contributed by atoms with Crippen LogP contribution in [-0.2, 0) is 11.3 Å². The van der Waals surface area contributed by atoms with E-state index < -0.39 is 0 Å². The molecule has 8 nitrogen and oxygen atoms in total. The van der Waals surface area contributed by atoms with Gasteiger partial charge in [0.1, 0.15) is 6.04 Å².